The molecule has 3 aliphatic rings. The fourth-order valence-electron chi connectivity index (χ4n) is 5.98. The number of hydrogen-bond acceptors (Lipinski definition) is 7. The third-order valence-electron chi connectivity index (χ3n) is 8.20. The van der Waals surface area contributed by atoms with Crippen molar-refractivity contribution in [1.29, 1.82) is 0 Å². The molecule has 44 heavy (non-hydrogen) atoms. The molecule has 1 unspecified atom stereocenters. The van der Waals surface area contributed by atoms with Crippen molar-refractivity contribution in [2.45, 2.75) is 50.7 Å². The molecule has 1 aromatic carbocycles. The van der Waals surface area contributed by atoms with Crippen molar-refractivity contribution in [3.63, 3.8) is 0 Å². The summed E-state index contributed by atoms with van der Waals surface area (Å²) in [6.07, 6.45) is 3.40. The van der Waals surface area contributed by atoms with Crippen LogP contribution in [0.2, 0.25) is 0 Å². The molecule has 2 saturated heterocycles. The number of rotatable bonds is 8. The highest BCUT2D eigenvalue weighted by Gasteiger charge is 2.42. The second-order valence-corrected chi connectivity index (χ2v) is 11.0. The van der Waals surface area contributed by atoms with Gasteiger partial charge in [-0.15, -0.1) is 0 Å². The van der Waals surface area contributed by atoms with Crippen LogP contribution in [-0.2, 0) is 21.4 Å². The van der Waals surface area contributed by atoms with Crippen molar-refractivity contribution in [2.24, 2.45) is 0 Å². The van der Waals surface area contributed by atoms with Gasteiger partial charge in [-0.25, -0.2) is 4.39 Å². The van der Waals surface area contributed by atoms with E-state index in [0.29, 0.717) is 36.9 Å². The van der Waals surface area contributed by atoms with Crippen LogP contribution in [0.25, 0.3) is 0 Å². The summed E-state index contributed by atoms with van der Waals surface area (Å²) in [5, 5.41) is 9.70. The summed E-state index contributed by atoms with van der Waals surface area (Å²) in [5.74, 6) is -2.21. The lowest BCUT2D eigenvalue weighted by Gasteiger charge is -2.46. The van der Waals surface area contributed by atoms with Crippen LogP contribution >= 0.6 is 0 Å². The van der Waals surface area contributed by atoms with Crippen LogP contribution in [0, 0.1) is 5.82 Å². The maximum absolute atomic E-state index is 13.8. The van der Waals surface area contributed by atoms with E-state index in [2.05, 4.69) is 20.9 Å². The SMILES string of the molecule is CCOC1(c2cccnc2)C=CC(N2CCN(C(=O)c3ccc(F)cc3C(F)(F)F)C[C@H]2CC)=C(C(=O)N[C@@H]2CCNC2)N1. The summed E-state index contributed by atoms with van der Waals surface area (Å²) < 4.78 is 60.9. The maximum Gasteiger partial charge on any atom is 0.417 e. The Balaban J connectivity index is 1.46. The molecule has 2 amide bonds. The van der Waals surface area contributed by atoms with Crippen molar-refractivity contribution in [1.82, 2.24) is 30.7 Å². The van der Waals surface area contributed by atoms with E-state index in [4.69, 9.17) is 4.74 Å². The Labute approximate surface area is 253 Å². The zero-order valence-corrected chi connectivity index (χ0v) is 24.6. The maximum atomic E-state index is 13.8. The molecule has 0 radical (unpaired) electrons. The predicted molar refractivity (Wildman–Crippen MR) is 154 cm³/mol. The molecule has 2 fully saturated rings. The second kappa shape index (κ2) is 12.9. The van der Waals surface area contributed by atoms with Crippen molar-refractivity contribution >= 4 is 11.8 Å². The van der Waals surface area contributed by atoms with Gasteiger partial charge in [-0.2, -0.15) is 13.2 Å². The molecule has 0 bridgehead atoms. The van der Waals surface area contributed by atoms with Crippen LogP contribution in [0.15, 0.2) is 66.3 Å². The average Bonchev–Trinajstić information content (AvgIpc) is 3.53. The molecule has 1 aromatic heterocycles. The van der Waals surface area contributed by atoms with Gasteiger partial charge >= 0.3 is 6.18 Å². The number of allylic oxidation sites excluding steroid dienone is 1. The Morgan fingerprint density at radius 2 is 2.02 bits per heavy atom. The minimum Gasteiger partial charge on any atom is -0.363 e. The summed E-state index contributed by atoms with van der Waals surface area (Å²) in [7, 11) is 0. The number of benzene rings is 1. The number of dihydropyridines is 1. The lowest BCUT2D eigenvalue weighted by Crippen LogP contribution is -2.57. The lowest BCUT2D eigenvalue weighted by molar-refractivity contribution is -0.138. The van der Waals surface area contributed by atoms with E-state index < -0.39 is 34.8 Å². The normalized spacial score (nSPS) is 24.0. The first-order chi connectivity index (χ1) is 21.1. The van der Waals surface area contributed by atoms with Gasteiger partial charge in [-0.1, -0.05) is 13.0 Å². The van der Waals surface area contributed by atoms with E-state index in [1.54, 1.807) is 18.5 Å². The zero-order chi connectivity index (χ0) is 31.5. The number of pyridine rings is 1. The Morgan fingerprint density at radius 1 is 1.20 bits per heavy atom. The standard InChI is InChI=1S/C31H36F4N6O3/c1-3-23-19-40(29(43)24-8-7-21(32)16-25(24)31(33,34)35)14-15-41(23)26-9-11-30(44-4-2,20-6-5-12-36-17-20)39-27(26)28(42)38-22-10-13-37-18-22/h5-9,11-12,16-17,22-23,37,39H,3-4,10,13-15,18-19H2,1-2H3,(H,38,42)/t22-,23-,30?/m1/s1. The molecule has 3 atom stereocenters. The van der Waals surface area contributed by atoms with Crippen LogP contribution < -0.4 is 16.0 Å². The Bertz CT molecular complexity index is 1430. The topological polar surface area (TPSA) is 98.8 Å². The lowest BCUT2D eigenvalue weighted by atomic mass is 9.97. The van der Waals surface area contributed by atoms with Gasteiger partial charge in [0.1, 0.15) is 11.5 Å². The minimum absolute atomic E-state index is 0.0566. The van der Waals surface area contributed by atoms with Gasteiger partial charge in [0.2, 0.25) is 0 Å². The highest BCUT2D eigenvalue weighted by atomic mass is 19.4. The van der Waals surface area contributed by atoms with Crippen molar-refractivity contribution in [3.05, 3.63) is 88.8 Å². The van der Waals surface area contributed by atoms with Gasteiger partial charge in [0.25, 0.3) is 11.8 Å². The summed E-state index contributed by atoms with van der Waals surface area (Å²) >= 11 is 0. The summed E-state index contributed by atoms with van der Waals surface area (Å²) in [6, 6.07) is 5.35. The first-order valence-electron chi connectivity index (χ1n) is 14.8. The number of nitrogens with zero attached hydrogens (tertiary/aromatic N) is 3. The smallest absolute Gasteiger partial charge is 0.363 e. The third-order valence-corrected chi connectivity index (χ3v) is 8.20. The number of nitrogens with one attached hydrogen (secondary N) is 3. The van der Waals surface area contributed by atoms with Gasteiger partial charge in [-0.05, 0) is 62.7 Å². The van der Waals surface area contributed by atoms with Gasteiger partial charge in [0.15, 0.2) is 5.72 Å². The zero-order valence-electron chi connectivity index (χ0n) is 24.6. The summed E-state index contributed by atoms with van der Waals surface area (Å²) in [5.41, 5.74) is -1.49. The predicted octanol–water partition coefficient (Wildman–Crippen LogP) is 3.51. The summed E-state index contributed by atoms with van der Waals surface area (Å²) in [4.78, 5) is 34.8. The number of alkyl halides is 3. The second-order valence-electron chi connectivity index (χ2n) is 11.0. The molecule has 9 nitrogen and oxygen atoms in total. The Morgan fingerprint density at radius 3 is 2.68 bits per heavy atom. The molecule has 236 valence electrons. The molecular weight excluding hydrogens is 580 g/mol. The first kappa shape index (κ1) is 31.5. The molecule has 3 aliphatic heterocycles. The van der Waals surface area contributed by atoms with E-state index in [9.17, 15) is 27.2 Å². The van der Waals surface area contributed by atoms with Gasteiger partial charge < -0.3 is 30.5 Å². The van der Waals surface area contributed by atoms with Gasteiger partial charge in [-0.3, -0.25) is 14.6 Å². The number of piperazine rings is 1. The van der Waals surface area contributed by atoms with Crippen LogP contribution in [0.5, 0.6) is 0 Å². The number of carbonyl (C=O) groups is 2. The van der Waals surface area contributed by atoms with Gasteiger partial charge in [0, 0.05) is 62.8 Å². The van der Waals surface area contributed by atoms with Crippen molar-refractivity contribution < 1.29 is 31.9 Å². The third kappa shape index (κ3) is 6.43. The number of ether oxygens (including phenoxy) is 1. The van der Waals surface area contributed by atoms with Crippen molar-refractivity contribution in [2.75, 3.05) is 39.3 Å². The quantitative estimate of drug-likeness (QED) is 0.391. The monoisotopic (exact) mass is 616 g/mol. The molecule has 2 aromatic rings. The van der Waals surface area contributed by atoms with Crippen LogP contribution in [-0.4, -0.2) is 78.0 Å². The van der Waals surface area contributed by atoms with Crippen LogP contribution in [0.3, 0.4) is 0 Å². The Kier molecular flexibility index (Phi) is 9.26. The first-order valence-corrected chi connectivity index (χ1v) is 14.8. The largest absolute Gasteiger partial charge is 0.417 e. The van der Waals surface area contributed by atoms with E-state index in [1.807, 2.05) is 37.0 Å². The fraction of sp³-hybridized carbons (Fsp3) is 0.452. The molecule has 3 N–H and O–H groups in total. The molecule has 0 saturated carbocycles. The van der Waals surface area contributed by atoms with E-state index >= 15 is 0 Å². The highest BCUT2D eigenvalue weighted by Crippen LogP contribution is 2.35. The van der Waals surface area contributed by atoms with E-state index in [-0.39, 0.29) is 43.3 Å². The number of hydrogen-bond donors (Lipinski definition) is 3. The molecule has 4 heterocycles. The summed E-state index contributed by atoms with van der Waals surface area (Å²) in [6.45, 7) is 6.01. The minimum atomic E-state index is -4.89. The molecule has 5 rings (SSSR count). The van der Waals surface area contributed by atoms with Crippen LogP contribution in [0.4, 0.5) is 17.6 Å². The van der Waals surface area contributed by atoms with E-state index in [0.717, 1.165) is 25.1 Å². The van der Waals surface area contributed by atoms with Crippen LogP contribution in [0.1, 0.15) is 48.2 Å². The van der Waals surface area contributed by atoms with Gasteiger partial charge in [0.05, 0.1) is 16.8 Å². The van der Waals surface area contributed by atoms with E-state index in [1.165, 1.54) is 4.90 Å². The molecular formula is C31H36F4N6O3. The molecule has 0 spiro atoms. The number of halogens is 4. The Hall–Kier alpha value is -3.97. The van der Waals surface area contributed by atoms with Crippen molar-refractivity contribution in [3.8, 4) is 0 Å². The average molecular weight is 617 g/mol. The molecule has 13 heteroatoms. The number of aromatic nitrogens is 1. The highest BCUT2D eigenvalue weighted by molar-refractivity contribution is 5.96. The molecule has 0 aliphatic carbocycles. The number of carbonyl (C=O) groups excluding carboxylic acids is 2. The fourth-order valence-corrected chi connectivity index (χ4v) is 5.98. The number of amides is 2.